The molecule has 0 atom stereocenters. The Morgan fingerprint density at radius 1 is 0.688 bits per heavy atom. The fourth-order valence-electron chi connectivity index (χ4n) is 0.593. The summed E-state index contributed by atoms with van der Waals surface area (Å²) in [5, 5.41) is 0.543. The largest absolute Gasteiger partial charge is 0.225 e. The maximum absolute atomic E-state index is 5.37. The molecule has 0 amide bonds. The Bertz CT molecular complexity index is 349. The Hall–Kier alpha value is -0.300. The van der Waals surface area contributed by atoms with Crippen molar-refractivity contribution in [1.82, 2.24) is 19.9 Å². The van der Waals surface area contributed by atoms with E-state index in [0.717, 1.165) is 8.95 Å². The maximum atomic E-state index is 5.37. The third kappa shape index (κ3) is 5.69. The highest BCUT2D eigenvalue weighted by molar-refractivity contribution is 9.10. The maximum Gasteiger partial charge on any atom is 0.222 e. The van der Waals surface area contributed by atoms with E-state index in [1.807, 2.05) is 0 Å². The van der Waals surface area contributed by atoms with Gasteiger partial charge < -0.3 is 0 Å². The highest BCUT2D eigenvalue weighted by Crippen LogP contribution is 2.06. The molecular formula is C8H4Br2Cl2N4. The van der Waals surface area contributed by atoms with Gasteiger partial charge in [0.1, 0.15) is 0 Å². The minimum Gasteiger partial charge on any atom is -0.225 e. The van der Waals surface area contributed by atoms with Gasteiger partial charge in [0.25, 0.3) is 0 Å². The molecule has 2 aromatic heterocycles. The monoisotopic (exact) mass is 384 g/mol. The summed E-state index contributed by atoms with van der Waals surface area (Å²) in [6, 6.07) is 0. The van der Waals surface area contributed by atoms with E-state index in [1.54, 1.807) is 24.8 Å². The predicted octanol–water partition coefficient (Wildman–Crippen LogP) is 3.79. The molecule has 0 saturated carbocycles. The van der Waals surface area contributed by atoms with Crippen LogP contribution in [0.15, 0.2) is 33.7 Å². The summed E-state index contributed by atoms with van der Waals surface area (Å²) in [5.41, 5.74) is 0. The van der Waals surface area contributed by atoms with E-state index in [2.05, 4.69) is 51.8 Å². The minimum absolute atomic E-state index is 0.271. The van der Waals surface area contributed by atoms with Gasteiger partial charge in [0.05, 0.1) is 8.95 Å². The lowest BCUT2D eigenvalue weighted by Crippen LogP contribution is -1.77. The SMILES string of the molecule is Clc1ncc(Br)cn1.Clc1ncc(Br)cn1. The van der Waals surface area contributed by atoms with Crippen molar-refractivity contribution in [2.45, 2.75) is 0 Å². The second-order valence-electron chi connectivity index (χ2n) is 2.34. The molecule has 8 heteroatoms. The molecule has 0 aliphatic rings. The van der Waals surface area contributed by atoms with Crippen LogP contribution in [0.4, 0.5) is 0 Å². The first-order valence-electron chi connectivity index (χ1n) is 3.84. The van der Waals surface area contributed by atoms with E-state index in [0.29, 0.717) is 0 Å². The molecule has 2 heterocycles. The standard InChI is InChI=1S/2C4H2BrClN2/c2*5-3-1-7-4(6)8-2-3/h2*1-2H. The molecule has 0 bridgehead atoms. The van der Waals surface area contributed by atoms with Gasteiger partial charge in [-0.15, -0.1) is 0 Å². The van der Waals surface area contributed by atoms with Crippen molar-refractivity contribution >= 4 is 55.1 Å². The molecule has 84 valence electrons. The zero-order valence-electron chi connectivity index (χ0n) is 7.61. The van der Waals surface area contributed by atoms with Crippen LogP contribution in [0.3, 0.4) is 0 Å². The molecule has 0 aliphatic carbocycles. The van der Waals surface area contributed by atoms with Crippen LogP contribution < -0.4 is 0 Å². The van der Waals surface area contributed by atoms with Crippen LogP contribution in [0.2, 0.25) is 10.6 Å². The van der Waals surface area contributed by atoms with Gasteiger partial charge in [0.2, 0.25) is 10.6 Å². The third-order valence-electron chi connectivity index (χ3n) is 1.18. The van der Waals surface area contributed by atoms with Gasteiger partial charge in [0.15, 0.2) is 0 Å². The van der Waals surface area contributed by atoms with E-state index < -0.39 is 0 Å². The lowest BCUT2D eigenvalue weighted by molar-refractivity contribution is 1.15. The number of rotatable bonds is 0. The number of nitrogens with zero attached hydrogens (tertiary/aromatic N) is 4. The van der Waals surface area contributed by atoms with Gasteiger partial charge in [-0.05, 0) is 55.1 Å². The lowest BCUT2D eigenvalue weighted by Gasteiger charge is -1.85. The summed E-state index contributed by atoms with van der Waals surface area (Å²) in [4.78, 5) is 14.7. The number of aromatic nitrogens is 4. The number of hydrogen-bond acceptors (Lipinski definition) is 4. The van der Waals surface area contributed by atoms with Crippen LogP contribution in [0, 0.1) is 0 Å². The fraction of sp³-hybridized carbons (Fsp3) is 0. The van der Waals surface area contributed by atoms with Crippen molar-refractivity contribution in [3.8, 4) is 0 Å². The van der Waals surface area contributed by atoms with Crippen LogP contribution in [0.1, 0.15) is 0 Å². The van der Waals surface area contributed by atoms with Crippen LogP contribution in [-0.2, 0) is 0 Å². The van der Waals surface area contributed by atoms with E-state index in [-0.39, 0.29) is 10.6 Å². The molecule has 0 spiro atoms. The number of hydrogen-bond donors (Lipinski definition) is 0. The highest BCUT2D eigenvalue weighted by Gasteiger charge is 1.87. The molecule has 0 saturated heterocycles. The van der Waals surface area contributed by atoms with Crippen molar-refractivity contribution in [3.63, 3.8) is 0 Å². The Labute approximate surface area is 119 Å². The van der Waals surface area contributed by atoms with Gasteiger partial charge in [0, 0.05) is 24.8 Å². The first kappa shape index (κ1) is 13.8. The normalized spacial score (nSPS) is 9.25. The van der Waals surface area contributed by atoms with Crippen molar-refractivity contribution < 1.29 is 0 Å². The predicted molar refractivity (Wildman–Crippen MR) is 69.5 cm³/mol. The molecule has 4 nitrogen and oxygen atoms in total. The van der Waals surface area contributed by atoms with Gasteiger partial charge >= 0.3 is 0 Å². The van der Waals surface area contributed by atoms with Gasteiger partial charge in [-0.1, -0.05) is 0 Å². The van der Waals surface area contributed by atoms with Crippen molar-refractivity contribution in [2.24, 2.45) is 0 Å². The number of halogens is 4. The summed E-state index contributed by atoms with van der Waals surface area (Å²) in [6.45, 7) is 0. The average molecular weight is 387 g/mol. The van der Waals surface area contributed by atoms with Crippen LogP contribution in [0.25, 0.3) is 0 Å². The summed E-state index contributed by atoms with van der Waals surface area (Å²) in [6.07, 6.45) is 6.37. The summed E-state index contributed by atoms with van der Waals surface area (Å²) >= 11 is 17.1. The second kappa shape index (κ2) is 7.11. The molecule has 0 radical (unpaired) electrons. The van der Waals surface area contributed by atoms with E-state index in [9.17, 15) is 0 Å². The first-order chi connectivity index (χ1) is 7.58. The molecular weight excluding hydrogens is 383 g/mol. The zero-order valence-corrected chi connectivity index (χ0v) is 12.3. The van der Waals surface area contributed by atoms with Crippen LogP contribution in [-0.4, -0.2) is 19.9 Å². The fourth-order valence-corrected chi connectivity index (χ4v) is 1.20. The van der Waals surface area contributed by atoms with Gasteiger partial charge in [-0.3, -0.25) is 0 Å². The lowest BCUT2D eigenvalue weighted by atomic mass is 10.7. The van der Waals surface area contributed by atoms with E-state index in [4.69, 9.17) is 23.2 Å². The molecule has 0 unspecified atom stereocenters. The molecule has 0 N–H and O–H groups in total. The Morgan fingerprint density at radius 2 is 0.938 bits per heavy atom. The Morgan fingerprint density at radius 3 is 1.12 bits per heavy atom. The van der Waals surface area contributed by atoms with Crippen molar-refractivity contribution in [2.75, 3.05) is 0 Å². The summed E-state index contributed by atoms with van der Waals surface area (Å²) < 4.78 is 1.67. The van der Waals surface area contributed by atoms with Gasteiger partial charge in [-0.25, -0.2) is 19.9 Å². The quantitative estimate of drug-likeness (QED) is 0.646. The zero-order chi connectivity index (χ0) is 12.0. The summed E-state index contributed by atoms with van der Waals surface area (Å²) in [5.74, 6) is 0. The van der Waals surface area contributed by atoms with Crippen molar-refractivity contribution in [3.05, 3.63) is 44.3 Å². The van der Waals surface area contributed by atoms with Gasteiger partial charge in [-0.2, -0.15) is 0 Å². The topological polar surface area (TPSA) is 51.6 Å². The van der Waals surface area contributed by atoms with E-state index >= 15 is 0 Å². The average Bonchev–Trinajstić information content (AvgIpc) is 2.28. The second-order valence-corrected chi connectivity index (χ2v) is 4.85. The van der Waals surface area contributed by atoms with Crippen molar-refractivity contribution in [1.29, 1.82) is 0 Å². The molecule has 16 heavy (non-hydrogen) atoms. The molecule has 2 aromatic rings. The first-order valence-corrected chi connectivity index (χ1v) is 6.18. The smallest absolute Gasteiger partial charge is 0.222 e. The molecule has 0 fully saturated rings. The summed E-state index contributed by atoms with van der Waals surface area (Å²) in [7, 11) is 0. The molecule has 2 rings (SSSR count). The Kier molecular flexibility index (Phi) is 6.12. The van der Waals surface area contributed by atoms with Crippen LogP contribution in [0.5, 0.6) is 0 Å². The highest BCUT2D eigenvalue weighted by atomic mass is 79.9. The van der Waals surface area contributed by atoms with E-state index in [1.165, 1.54) is 0 Å². The Balaban J connectivity index is 0.000000160. The molecule has 0 aliphatic heterocycles. The third-order valence-corrected chi connectivity index (χ3v) is 2.39. The molecule has 0 aromatic carbocycles. The van der Waals surface area contributed by atoms with Crippen LogP contribution >= 0.6 is 55.1 Å². The minimum atomic E-state index is 0.271.